The number of hydrogen-bond acceptors (Lipinski definition) is 3. The molecule has 8 heteroatoms. The van der Waals surface area contributed by atoms with Crippen LogP contribution in [0.3, 0.4) is 0 Å². The van der Waals surface area contributed by atoms with Crippen LogP contribution in [0.5, 0.6) is 0 Å². The third kappa shape index (κ3) is 2.46. The summed E-state index contributed by atoms with van der Waals surface area (Å²) in [6.07, 6.45) is -4.15. The number of rotatable bonds is 3. The van der Waals surface area contributed by atoms with Crippen molar-refractivity contribution in [1.82, 2.24) is 9.78 Å². The highest BCUT2D eigenvalue weighted by molar-refractivity contribution is 5.87. The number of carbonyl (C=O) groups is 1. The normalized spacial score (nSPS) is 11.7. The average Bonchev–Trinajstić information content (AvgIpc) is 2.48. The second-order valence-corrected chi connectivity index (χ2v) is 2.65. The molecule has 15 heavy (non-hydrogen) atoms. The first-order chi connectivity index (χ1) is 6.86. The molecule has 0 saturated heterocycles. The lowest BCUT2D eigenvalue weighted by Gasteiger charge is -2.02. The lowest BCUT2D eigenvalue weighted by molar-refractivity contribution is -0.138. The van der Waals surface area contributed by atoms with E-state index in [0.717, 1.165) is 4.68 Å². The molecule has 0 aliphatic heterocycles. The lowest BCUT2D eigenvalue weighted by Crippen LogP contribution is -2.11. The molecule has 0 amide bonds. The van der Waals surface area contributed by atoms with E-state index in [0.29, 0.717) is 6.20 Å². The van der Waals surface area contributed by atoms with Crippen LogP contribution in [-0.4, -0.2) is 28.0 Å². The molecular weight excluding hydrogens is 217 g/mol. The topological polar surface area (TPSA) is 64.3 Å². The Kier molecular flexibility index (Phi) is 2.98. The zero-order valence-electron chi connectivity index (χ0n) is 7.58. The van der Waals surface area contributed by atoms with E-state index >= 15 is 0 Å². The van der Waals surface area contributed by atoms with Gasteiger partial charge in [-0.15, -0.1) is 0 Å². The fraction of sp³-hybridized carbons (Fsp3) is 0.429. The van der Waals surface area contributed by atoms with Crippen LogP contribution in [0.1, 0.15) is 16.1 Å². The van der Waals surface area contributed by atoms with Crippen molar-refractivity contribution in [2.75, 3.05) is 7.11 Å². The molecule has 0 aliphatic carbocycles. The van der Waals surface area contributed by atoms with Gasteiger partial charge in [-0.2, -0.15) is 18.3 Å². The summed E-state index contributed by atoms with van der Waals surface area (Å²) < 4.78 is 42.2. The summed E-state index contributed by atoms with van der Waals surface area (Å²) in [5, 5.41) is 11.7. The van der Waals surface area contributed by atoms with Crippen molar-refractivity contribution >= 4 is 5.97 Å². The van der Waals surface area contributed by atoms with Crippen LogP contribution in [0.4, 0.5) is 13.2 Å². The molecule has 84 valence electrons. The predicted molar refractivity (Wildman–Crippen MR) is 41.2 cm³/mol. The van der Waals surface area contributed by atoms with Crippen molar-refractivity contribution in [3.8, 4) is 0 Å². The number of alkyl halides is 3. The van der Waals surface area contributed by atoms with Gasteiger partial charge in [0.25, 0.3) is 0 Å². The molecule has 0 spiro atoms. The SMILES string of the molecule is COCn1cc(C(F)(F)F)c(C(=O)O)n1. The quantitative estimate of drug-likeness (QED) is 0.837. The summed E-state index contributed by atoms with van der Waals surface area (Å²) in [6.45, 7) is -0.240. The molecule has 1 N–H and O–H groups in total. The van der Waals surface area contributed by atoms with Crippen molar-refractivity contribution in [1.29, 1.82) is 0 Å². The second kappa shape index (κ2) is 3.89. The van der Waals surface area contributed by atoms with Crippen LogP contribution in [-0.2, 0) is 17.6 Å². The van der Waals surface area contributed by atoms with Gasteiger partial charge in [0.05, 0.1) is 0 Å². The number of nitrogens with zero attached hydrogens (tertiary/aromatic N) is 2. The minimum absolute atomic E-state index is 0.240. The van der Waals surface area contributed by atoms with E-state index in [1.807, 2.05) is 0 Å². The molecule has 0 aromatic carbocycles. The molecule has 0 fully saturated rings. The standard InChI is InChI=1S/C7H7F3N2O3/c1-15-3-12-2-4(7(8,9)10)5(11-12)6(13)14/h2H,3H2,1H3,(H,13,14). The zero-order valence-corrected chi connectivity index (χ0v) is 7.58. The minimum Gasteiger partial charge on any atom is -0.476 e. The van der Waals surface area contributed by atoms with Gasteiger partial charge in [0.15, 0.2) is 5.69 Å². The number of carboxylic acids is 1. The number of ether oxygens (including phenoxy) is 1. The van der Waals surface area contributed by atoms with Gasteiger partial charge in [-0.05, 0) is 0 Å². The van der Waals surface area contributed by atoms with Crippen LogP contribution in [0.2, 0.25) is 0 Å². The molecular formula is C7H7F3N2O3. The van der Waals surface area contributed by atoms with Gasteiger partial charge in [0.2, 0.25) is 0 Å². The summed E-state index contributed by atoms with van der Waals surface area (Å²) in [7, 11) is 1.26. The van der Waals surface area contributed by atoms with Crippen LogP contribution in [0.15, 0.2) is 6.20 Å². The monoisotopic (exact) mass is 224 g/mol. The summed E-state index contributed by atoms with van der Waals surface area (Å²) in [5.41, 5.74) is -2.31. The molecule has 0 aliphatic rings. The fourth-order valence-electron chi connectivity index (χ4n) is 0.985. The molecule has 1 aromatic rings. The third-order valence-electron chi connectivity index (χ3n) is 1.53. The smallest absolute Gasteiger partial charge is 0.420 e. The predicted octanol–water partition coefficient (Wildman–Crippen LogP) is 1.20. The average molecular weight is 224 g/mol. The van der Waals surface area contributed by atoms with Gasteiger partial charge in [-0.25, -0.2) is 9.48 Å². The summed E-state index contributed by atoms with van der Waals surface area (Å²) in [4.78, 5) is 10.5. The van der Waals surface area contributed by atoms with Crippen molar-refractivity contribution in [2.45, 2.75) is 12.9 Å². The number of carboxylic acid groups (broad SMARTS) is 1. The maximum absolute atomic E-state index is 12.3. The van der Waals surface area contributed by atoms with E-state index in [1.165, 1.54) is 7.11 Å². The number of hydrogen-bond donors (Lipinski definition) is 1. The number of halogens is 3. The highest BCUT2D eigenvalue weighted by Crippen LogP contribution is 2.31. The van der Waals surface area contributed by atoms with Crippen LogP contribution in [0.25, 0.3) is 0 Å². The van der Waals surface area contributed by atoms with E-state index in [-0.39, 0.29) is 6.73 Å². The van der Waals surface area contributed by atoms with Crippen LogP contribution < -0.4 is 0 Å². The van der Waals surface area contributed by atoms with Crippen LogP contribution in [0, 0.1) is 0 Å². The highest BCUT2D eigenvalue weighted by Gasteiger charge is 2.38. The molecule has 0 saturated carbocycles. The van der Waals surface area contributed by atoms with Gasteiger partial charge in [-0.3, -0.25) is 0 Å². The Bertz CT molecular complexity index is 372. The van der Waals surface area contributed by atoms with Crippen LogP contribution >= 0.6 is 0 Å². The Morgan fingerprint density at radius 3 is 2.60 bits per heavy atom. The van der Waals surface area contributed by atoms with E-state index < -0.39 is 23.4 Å². The summed E-state index contributed by atoms with van der Waals surface area (Å²) in [5.74, 6) is -1.72. The van der Waals surface area contributed by atoms with Crippen molar-refractivity contribution < 1.29 is 27.8 Å². The number of methoxy groups -OCH3 is 1. The Labute approximate surface area is 82.1 Å². The first kappa shape index (κ1) is 11.5. The first-order valence-corrected chi connectivity index (χ1v) is 3.73. The third-order valence-corrected chi connectivity index (χ3v) is 1.53. The maximum atomic E-state index is 12.3. The Balaban J connectivity index is 3.18. The zero-order chi connectivity index (χ0) is 11.6. The molecule has 1 heterocycles. The largest absolute Gasteiger partial charge is 0.476 e. The number of aromatic carboxylic acids is 1. The lowest BCUT2D eigenvalue weighted by atomic mass is 10.2. The van der Waals surface area contributed by atoms with E-state index in [9.17, 15) is 18.0 Å². The molecule has 5 nitrogen and oxygen atoms in total. The minimum atomic E-state index is -4.74. The van der Waals surface area contributed by atoms with Crippen molar-refractivity contribution in [3.05, 3.63) is 17.5 Å². The molecule has 0 bridgehead atoms. The van der Waals surface area contributed by atoms with E-state index in [2.05, 4.69) is 9.84 Å². The summed E-state index contributed by atoms with van der Waals surface area (Å²) in [6, 6.07) is 0. The number of aromatic nitrogens is 2. The van der Waals surface area contributed by atoms with Gasteiger partial charge in [0, 0.05) is 13.3 Å². The molecule has 1 rings (SSSR count). The first-order valence-electron chi connectivity index (χ1n) is 3.73. The Hall–Kier alpha value is -1.57. The molecule has 0 atom stereocenters. The Morgan fingerprint density at radius 1 is 1.67 bits per heavy atom. The fourth-order valence-corrected chi connectivity index (χ4v) is 0.985. The van der Waals surface area contributed by atoms with Crippen molar-refractivity contribution in [3.63, 3.8) is 0 Å². The van der Waals surface area contributed by atoms with E-state index in [4.69, 9.17) is 5.11 Å². The highest BCUT2D eigenvalue weighted by atomic mass is 19.4. The summed E-state index contributed by atoms with van der Waals surface area (Å²) >= 11 is 0. The van der Waals surface area contributed by atoms with Gasteiger partial charge >= 0.3 is 12.1 Å². The maximum Gasteiger partial charge on any atom is 0.420 e. The van der Waals surface area contributed by atoms with Gasteiger partial charge in [0.1, 0.15) is 12.3 Å². The van der Waals surface area contributed by atoms with Gasteiger partial charge in [-0.1, -0.05) is 0 Å². The molecule has 0 unspecified atom stereocenters. The molecule has 1 aromatic heterocycles. The van der Waals surface area contributed by atoms with Crippen molar-refractivity contribution in [2.24, 2.45) is 0 Å². The Morgan fingerprint density at radius 2 is 2.27 bits per heavy atom. The molecule has 0 radical (unpaired) electrons. The second-order valence-electron chi connectivity index (χ2n) is 2.65. The van der Waals surface area contributed by atoms with E-state index in [1.54, 1.807) is 0 Å². The van der Waals surface area contributed by atoms with Gasteiger partial charge < -0.3 is 9.84 Å².